The molecule has 0 fully saturated rings. The smallest absolute Gasteiger partial charge is 0.161 e. The van der Waals surface area contributed by atoms with Crippen LogP contribution in [0, 0.1) is 0 Å². The normalized spacial score (nSPS) is 15.0. The predicted octanol–water partition coefficient (Wildman–Crippen LogP) is 0.480. The molecule has 1 aromatic carbocycles. The van der Waals surface area contributed by atoms with Crippen molar-refractivity contribution in [1.29, 1.82) is 0 Å². The van der Waals surface area contributed by atoms with Gasteiger partial charge in [-0.3, -0.25) is 0 Å². The Balaban J connectivity index is 1.69. The van der Waals surface area contributed by atoms with E-state index in [0.29, 0.717) is 38.7 Å². The van der Waals surface area contributed by atoms with Gasteiger partial charge < -0.3 is 29.7 Å². The Morgan fingerprint density at radius 1 is 1.19 bits per heavy atom. The van der Waals surface area contributed by atoms with Crippen LogP contribution in [0.1, 0.15) is 18.1 Å². The Hall–Kier alpha value is -1.34. The highest BCUT2D eigenvalue weighted by atomic mass is 16.6. The van der Waals surface area contributed by atoms with Gasteiger partial charge in [-0.15, -0.1) is 0 Å². The van der Waals surface area contributed by atoms with Crippen LogP contribution in [0.2, 0.25) is 0 Å². The highest BCUT2D eigenvalue weighted by Gasteiger charge is 2.15. The maximum atomic E-state index is 10.1. The minimum Gasteiger partial charge on any atom is -0.486 e. The molecule has 1 aliphatic heterocycles. The first kappa shape index (κ1) is 16.0. The first-order chi connectivity index (χ1) is 10.3. The van der Waals surface area contributed by atoms with Crippen LogP contribution in [0.3, 0.4) is 0 Å². The van der Waals surface area contributed by atoms with E-state index in [2.05, 4.69) is 5.32 Å². The number of aliphatic hydroxyl groups is 2. The van der Waals surface area contributed by atoms with Crippen LogP contribution in [-0.2, 0) is 4.74 Å². The summed E-state index contributed by atoms with van der Waals surface area (Å²) in [7, 11) is 0. The zero-order chi connectivity index (χ0) is 14.9. The van der Waals surface area contributed by atoms with Crippen molar-refractivity contribution in [3.05, 3.63) is 23.8 Å². The number of fused-ring (bicyclic) bond motifs is 1. The first-order valence-electron chi connectivity index (χ1n) is 7.28. The topological polar surface area (TPSA) is 80.2 Å². The highest BCUT2D eigenvalue weighted by molar-refractivity contribution is 5.44. The van der Waals surface area contributed by atoms with Crippen LogP contribution in [0.4, 0.5) is 0 Å². The fourth-order valence-electron chi connectivity index (χ4n) is 2.09. The maximum absolute atomic E-state index is 10.1. The van der Waals surface area contributed by atoms with Crippen LogP contribution >= 0.6 is 0 Å². The molecule has 0 amide bonds. The second kappa shape index (κ2) is 8.84. The molecular weight excluding hydrogens is 274 g/mol. The van der Waals surface area contributed by atoms with Crippen molar-refractivity contribution >= 4 is 0 Å². The van der Waals surface area contributed by atoms with Gasteiger partial charge in [-0.05, 0) is 30.7 Å². The molecule has 0 saturated heterocycles. The summed E-state index contributed by atoms with van der Waals surface area (Å²) in [4.78, 5) is 0. The minimum absolute atomic E-state index is 0.0518. The Morgan fingerprint density at radius 2 is 2.00 bits per heavy atom. The summed E-state index contributed by atoms with van der Waals surface area (Å²) >= 11 is 0. The Bertz CT molecular complexity index is 427. The fraction of sp³-hybridized carbons (Fsp3) is 0.600. The molecule has 1 heterocycles. The van der Waals surface area contributed by atoms with E-state index in [4.69, 9.17) is 19.3 Å². The SMILES string of the molecule is OCCOCCCNCC(O)c1ccc2c(c1)OCCO2. The average molecular weight is 297 g/mol. The van der Waals surface area contributed by atoms with Gasteiger partial charge in [0.15, 0.2) is 11.5 Å². The van der Waals surface area contributed by atoms with Crippen molar-refractivity contribution in [2.45, 2.75) is 12.5 Å². The molecule has 0 aliphatic carbocycles. The van der Waals surface area contributed by atoms with Crippen molar-refractivity contribution in [1.82, 2.24) is 5.32 Å². The van der Waals surface area contributed by atoms with Gasteiger partial charge in [-0.2, -0.15) is 0 Å². The molecule has 118 valence electrons. The molecule has 3 N–H and O–H groups in total. The van der Waals surface area contributed by atoms with E-state index >= 15 is 0 Å². The summed E-state index contributed by atoms with van der Waals surface area (Å²) < 4.78 is 16.1. The number of aliphatic hydroxyl groups excluding tert-OH is 2. The van der Waals surface area contributed by atoms with Crippen LogP contribution in [0.15, 0.2) is 18.2 Å². The minimum atomic E-state index is -0.584. The molecule has 1 aromatic rings. The van der Waals surface area contributed by atoms with Crippen molar-refractivity contribution in [2.24, 2.45) is 0 Å². The molecule has 0 aromatic heterocycles. The van der Waals surface area contributed by atoms with Crippen LogP contribution < -0.4 is 14.8 Å². The highest BCUT2D eigenvalue weighted by Crippen LogP contribution is 2.32. The third kappa shape index (κ3) is 5.17. The van der Waals surface area contributed by atoms with Crippen molar-refractivity contribution in [3.63, 3.8) is 0 Å². The van der Waals surface area contributed by atoms with Gasteiger partial charge in [-0.1, -0.05) is 6.07 Å². The summed E-state index contributed by atoms with van der Waals surface area (Å²) in [5, 5.41) is 21.9. The number of rotatable bonds is 9. The summed E-state index contributed by atoms with van der Waals surface area (Å²) in [6.07, 6.45) is 0.257. The zero-order valence-corrected chi connectivity index (χ0v) is 12.1. The largest absolute Gasteiger partial charge is 0.486 e. The third-order valence-corrected chi connectivity index (χ3v) is 3.17. The van der Waals surface area contributed by atoms with Crippen molar-refractivity contribution < 1.29 is 24.4 Å². The Kier molecular flexibility index (Phi) is 6.75. The van der Waals surface area contributed by atoms with Crippen LogP contribution in [0.5, 0.6) is 11.5 Å². The van der Waals surface area contributed by atoms with Gasteiger partial charge in [0, 0.05) is 13.2 Å². The Labute approximate surface area is 124 Å². The quantitative estimate of drug-likeness (QED) is 0.575. The summed E-state index contributed by atoms with van der Waals surface area (Å²) in [5.74, 6) is 1.42. The molecule has 0 saturated carbocycles. The molecule has 2 rings (SSSR count). The standard InChI is InChI=1S/C15H23NO5/c17-5-7-19-6-1-4-16-11-13(18)12-2-3-14-15(10-12)21-9-8-20-14/h2-3,10,13,16-18H,1,4-9,11H2. The molecule has 0 spiro atoms. The molecule has 1 atom stereocenters. The zero-order valence-electron chi connectivity index (χ0n) is 12.1. The van der Waals surface area contributed by atoms with E-state index in [-0.39, 0.29) is 6.61 Å². The third-order valence-electron chi connectivity index (χ3n) is 3.17. The fourth-order valence-corrected chi connectivity index (χ4v) is 2.09. The van der Waals surface area contributed by atoms with Gasteiger partial charge in [0.2, 0.25) is 0 Å². The van der Waals surface area contributed by atoms with Gasteiger partial charge in [0.1, 0.15) is 13.2 Å². The molecular formula is C15H23NO5. The van der Waals surface area contributed by atoms with E-state index in [0.717, 1.165) is 24.3 Å². The lowest BCUT2D eigenvalue weighted by Gasteiger charge is -2.20. The van der Waals surface area contributed by atoms with Gasteiger partial charge in [0.25, 0.3) is 0 Å². The molecule has 21 heavy (non-hydrogen) atoms. The summed E-state index contributed by atoms with van der Waals surface area (Å²) in [6, 6.07) is 5.51. The summed E-state index contributed by atoms with van der Waals surface area (Å²) in [6.45, 7) is 3.36. The van der Waals surface area contributed by atoms with E-state index in [1.165, 1.54) is 0 Å². The van der Waals surface area contributed by atoms with E-state index in [1.54, 1.807) is 0 Å². The maximum Gasteiger partial charge on any atom is 0.161 e. The lowest BCUT2D eigenvalue weighted by atomic mass is 10.1. The number of benzene rings is 1. The Morgan fingerprint density at radius 3 is 2.81 bits per heavy atom. The average Bonchev–Trinajstić information content (AvgIpc) is 2.53. The van der Waals surface area contributed by atoms with Crippen molar-refractivity contribution in [2.75, 3.05) is 46.1 Å². The van der Waals surface area contributed by atoms with E-state index in [1.807, 2.05) is 18.2 Å². The monoisotopic (exact) mass is 297 g/mol. The van der Waals surface area contributed by atoms with E-state index in [9.17, 15) is 5.11 Å². The number of hydrogen-bond donors (Lipinski definition) is 3. The second-order valence-corrected chi connectivity index (χ2v) is 4.81. The number of hydrogen-bond acceptors (Lipinski definition) is 6. The van der Waals surface area contributed by atoms with Gasteiger partial charge >= 0.3 is 0 Å². The summed E-state index contributed by atoms with van der Waals surface area (Å²) in [5.41, 5.74) is 0.809. The molecule has 1 aliphatic rings. The van der Waals surface area contributed by atoms with Crippen molar-refractivity contribution in [3.8, 4) is 11.5 Å². The molecule has 0 radical (unpaired) electrons. The first-order valence-corrected chi connectivity index (χ1v) is 7.28. The molecule has 6 heteroatoms. The van der Waals surface area contributed by atoms with Gasteiger partial charge in [0.05, 0.1) is 19.3 Å². The van der Waals surface area contributed by atoms with Crippen LogP contribution in [0.25, 0.3) is 0 Å². The van der Waals surface area contributed by atoms with Gasteiger partial charge in [-0.25, -0.2) is 0 Å². The van der Waals surface area contributed by atoms with Crippen LogP contribution in [-0.4, -0.2) is 56.3 Å². The molecule has 0 bridgehead atoms. The van der Waals surface area contributed by atoms with E-state index < -0.39 is 6.10 Å². The molecule has 1 unspecified atom stereocenters. The second-order valence-electron chi connectivity index (χ2n) is 4.81. The predicted molar refractivity (Wildman–Crippen MR) is 77.8 cm³/mol. The number of nitrogens with one attached hydrogen (secondary N) is 1. The lowest BCUT2D eigenvalue weighted by Crippen LogP contribution is -2.24. The lowest BCUT2D eigenvalue weighted by molar-refractivity contribution is 0.0899. The number of ether oxygens (including phenoxy) is 3. The molecule has 6 nitrogen and oxygen atoms in total.